The van der Waals surface area contributed by atoms with Crippen LogP contribution in [0.25, 0.3) is 0 Å². The second-order valence-electron chi connectivity index (χ2n) is 6.19. The van der Waals surface area contributed by atoms with E-state index in [0.29, 0.717) is 11.3 Å². The van der Waals surface area contributed by atoms with Gasteiger partial charge >= 0.3 is 0 Å². The number of allylic oxidation sites excluding steroid dienone is 5. The average Bonchev–Trinajstić information content (AvgIpc) is 2.47. The van der Waals surface area contributed by atoms with Crippen molar-refractivity contribution in [2.75, 3.05) is 0 Å². The Balaban J connectivity index is 2.17. The minimum absolute atomic E-state index is 0.382. The maximum absolute atomic E-state index is 4.11. The van der Waals surface area contributed by atoms with E-state index in [2.05, 4.69) is 52.5 Å². The van der Waals surface area contributed by atoms with Gasteiger partial charge in [-0.1, -0.05) is 56.7 Å². The predicted octanol–water partition coefficient (Wildman–Crippen LogP) is 4.75. The Labute approximate surface area is 100 Å². The van der Waals surface area contributed by atoms with Crippen LogP contribution in [0.4, 0.5) is 0 Å². The van der Waals surface area contributed by atoms with Crippen molar-refractivity contribution in [3.8, 4) is 0 Å². The first-order chi connectivity index (χ1) is 7.43. The summed E-state index contributed by atoms with van der Waals surface area (Å²) in [4.78, 5) is 0. The fourth-order valence-corrected chi connectivity index (χ4v) is 3.21. The average molecular weight is 216 g/mol. The zero-order chi connectivity index (χ0) is 11.9. The van der Waals surface area contributed by atoms with Crippen molar-refractivity contribution >= 4 is 0 Å². The van der Waals surface area contributed by atoms with Crippen LogP contribution < -0.4 is 0 Å². The lowest BCUT2D eigenvalue weighted by molar-refractivity contribution is 0.206. The first-order valence-electron chi connectivity index (χ1n) is 6.47. The van der Waals surface area contributed by atoms with E-state index in [4.69, 9.17) is 0 Å². The molecule has 0 heterocycles. The molecule has 0 saturated carbocycles. The molecule has 88 valence electrons. The smallest absolute Gasteiger partial charge is 0.0111 e. The number of rotatable bonds is 1. The van der Waals surface area contributed by atoms with Gasteiger partial charge in [0, 0.05) is 0 Å². The van der Waals surface area contributed by atoms with Crippen molar-refractivity contribution in [3.05, 3.63) is 36.0 Å². The Morgan fingerprint density at radius 1 is 1.38 bits per heavy atom. The topological polar surface area (TPSA) is 0 Å². The molecule has 2 rings (SSSR count). The third-order valence-corrected chi connectivity index (χ3v) is 4.95. The van der Waals surface area contributed by atoms with Crippen LogP contribution in [-0.2, 0) is 0 Å². The van der Waals surface area contributed by atoms with Crippen molar-refractivity contribution < 1.29 is 0 Å². The van der Waals surface area contributed by atoms with Crippen LogP contribution in [0.3, 0.4) is 0 Å². The van der Waals surface area contributed by atoms with Gasteiger partial charge < -0.3 is 0 Å². The molecule has 0 N–H and O–H groups in total. The van der Waals surface area contributed by atoms with Gasteiger partial charge in [-0.05, 0) is 42.9 Å². The van der Waals surface area contributed by atoms with Crippen molar-refractivity contribution in [1.82, 2.24) is 0 Å². The van der Waals surface area contributed by atoms with Crippen LogP contribution in [0.5, 0.6) is 0 Å². The molecule has 3 atom stereocenters. The molecule has 0 aliphatic heterocycles. The van der Waals surface area contributed by atoms with E-state index in [1.54, 1.807) is 5.57 Å². The van der Waals surface area contributed by atoms with Gasteiger partial charge in [-0.3, -0.25) is 0 Å². The van der Waals surface area contributed by atoms with Crippen LogP contribution in [0.2, 0.25) is 0 Å². The fourth-order valence-electron chi connectivity index (χ4n) is 3.21. The highest BCUT2D eigenvalue weighted by molar-refractivity contribution is 5.26. The van der Waals surface area contributed by atoms with Gasteiger partial charge in [-0.2, -0.15) is 0 Å². The Hall–Kier alpha value is -0.780. The summed E-state index contributed by atoms with van der Waals surface area (Å²) in [6.07, 6.45) is 9.63. The van der Waals surface area contributed by atoms with Gasteiger partial charge in [-0.25, -0.2) is 0 Å². The zero-order valence-electron chi connectivity index (χ0n) is 11.1. The maximum atomic E-state index is 4.11. The molecule has 0 amide bonds. The van der Waals surface area contributed by atoms with Crippen LogP contribution in [0.15, 0.2) is 36.0 Å². The normalized spacial score (nSPS) is 37.6. The zero-order valence-corrected chi connectivity index (χ0v) is 11.1. The number of hydrogen-bond donors (Lipinski definition) is 0. The third-order valence-electron chi connectivity index (χ3n) is 4.95. The summed E-state index contributed by atoms with van der Waals surface area (Å²) in [5, 5.41) is 0. The first-order valence-corrected chi connectivity index (χ1v) is 6.47. The summed E-state index contributed by atoms with van der Waals surface area (Å²) < 4.78 is 0. The highest BCUT2D eigenvalue weighted by Gasteiger charge is 2.39. The summed E-state index contributed by atoms with van der Waals surface area (Å²) in [5.74, 6) is 2.19. The van der Waals surface area contributed by atoms with Gasteiger partial charge in [0.2, 0.25) is 0 Å². The molecule has 0 aromatic carbocycles. The van der Waals surface area contributed by atoms with Gasteiger partial charge in [0.25, 0.3) is 0 Å². The lowest BCUT2D eigenvalue weighted by atomic mass is 9.67. The van der Waals surface area contributed by atoms with Gasteiger partial charge in [-0.15, -0.1) is 0 Å². The van der Waals surface area contributed by atoms with E-state index in [0.717, 1.165) is 11.8 Å². The monoisotopic (exact) mass is 216 g/mol. The Kier molecular flexibility index (Phi) is 2.86. The van der Waals surface area contributed by atoms with Crippen LogP contribution in [-0.4, -0.2) is 0 Å². The van der Waals surface area contributed by atoms with Crippen LogP contribution in [0, 0.1) is 23.2 Å². The van der Waals surface area contributed by atoms with Crippen LogP contribution in [0.1, 0.15) is 40.5 Å². The fraction of sp³-hybridized carbons (Fsp3) is 0.625. The van der Waals surface area contributed by atoms with E-state index in [1.165, 1.54) is 18.4 Å². The molecule has 2 aliphatic rings. The Morgan fingerprint density at radius 2 is 2.06 bits per heavy atom. The van der Waals surface area contributed by atoms with Crippen LogP contribution >= 0.6 is 0 Å². The minimum atomic E-state index is 0.382. The molecule has 0 radical (unpaired) electrons. The molecule has 0 heteroatoms. The minimum Gasteiger partial charge on any atom is -0.0956 e. The molecule has 3 unspecified atom stereocenters. The van der Waals surface area contributed by atoms with Crippen molar-refractivity contribution in [3.63, 3.8) is 0 Å². The van der Waals surface area contributed by atoms with Crippen molar-refractivity contribution in [2.45, 2.75) is 40.5 Å². The van der Waals surface area contributed by atoms with Crippen molar-refractivity contribution in [2.24, 2.45) is 23.2 Å². The van der Waals surface area contributed by atoms with E-state index in [9.17, 15) is 0 Å². The third kappa shape index (κ3) is 1.79. The molecule has 0 aromatic rings. The molecular formula is C16H24. The molecule has 0 aromatic heterocycles. The highest BCUT2D eigenvalue weighted by Crippen LogP contribution is 2.49. The summed E-state index contributed by atoms with van der Waals surface area (Å²) >= 11 is 0. The second-order valence-corrected chi connectivity index (χ2v) is 6.19. The SMILES string of the molecule is C=C1C=CC(C2CC=C(C)C2(C)C)CC1C. The standard InChI is InChI=1S/C16H24/c1-11-6-8-14(10-12(11)2)15-9-7-13(3)16(15,4)5/h6-8,12,14-15H,1,9-10H2,2-5H3. The highest BCUT2D eigenvalue weighted by atomic mass is 14.4. The Bertz CT molecular complexity index is 354. The molecule has 0 bridgehead atoms. The lowest BCUT2D eigenvalue weighted by Gasteiger charge is -2.37. The van der Waals surface area contributed by atoms with Gasteiger partial charge in [0.15, 0.2) is 0 Å². The molecule has 0 fully saturated rings. The summed E-state index contributed by atoms with van der Waals surface area (Å²) in [6, 6.07) is 0. The second kappa shape index (κ2) is 3.91. The lowest BCUT2D eigenvalue weighted by Crippen LogP contribution is -2.29. The maximum Gasteiger partial charge on any atom is -0.0111 e. The molecule has 2 aliphatic carbocycles. The predicted molar refractivity (Wildman–Crippen MR) is 71.2 cm³/mol. The van der Waals surface area contributed by atoms with Crippen molar-refractivity contribution in [1.29, 1.82) is 0 Å². The molecule has 0 saturated heterocycles. The summed E-state index contributed by atoms with van der Waals surface area (Å²) in [7, 11) is 0. The van der Waals surface area contributed by atoms with E-state index >= 15 is 0 Å². The van der Waals surface area contributed by atoms with E-state index in [-0.39, 0.29) is 0 Å². The summed E-state index contributed by atoms with van der Waals surface area (Å²) in [5.41, 5.74) is 3.26. The Morgan fingerprint density at radius 3 is 2.56 bits per heavy atom. The quantitative estimate of drug-likeness (QED) is 0.555. The van der Waals surface area contributed by atoms with E-state index in [1.807, 2.05) is 0 Å². The number of hydrogen-bond acceptors (Lipinski definition) is 0. The molecule has 0 spiro atoms. The largest absolute Gasteiger partial charge is 0.0956 e. The first kappa shape index (κ1) is 11.7. The molecular weight excluding hydrogens is 192 g/mol. The summed E-state index contributed by atoms with van der Waals surface area (Å²) in [6.45, 7) is 13.5. The molecule has 16 heavy (non-hydrogen) atoms. The van der Waals surface area contributed by atoms with E-state index < -0.39 is 0 Å². The van der Waals surface area contributed by atoms with Gasteiger partial charge in [0.05, 0.1) is 0 Å². The van der Waals surface area contributed by atoms with Gasteiger partial charge in [0.1, 0.15) is 0 Å². The molecule has 0 nitrogen and oxygen atoms in total.